The molecule has 8 heteroatoms. The van der Waals surface area contributed by atoms with Gasteiger partial charge in [0.05, 0.1) is 12.7 Å². The van der Waals surface area contributed by atoms with Gasteiger partial charge in [0, 0.05) is 24.0 Å². The molecule has 3 aromatic rings. The second kappa shape index (κ2) is 4.59. The van der Waals surface area contributed by atoms with Gasteiger partial charge in [-0.25, -0.2) is 20.8 Å². The topological polar surface area (TPSA) is 93.2 Å². The summed E-state index contributed by atoms with van der Waals surface area (Å²) in [6.07, 6.45) is 7.10. The van der Waals surface area contributed by atoms with Crippen molar-refractivity contribution in [2.75, 3.05) is 10.7 Å². The predicted octanol–water partition coefficient (Wildman–Crippen LogP) is 1.08. The van der Waals surface area contributed by atoms with Crippen LogP contribution in [0.2, 0.25) is 0 Å². The SMILES string of the molecule is NNc1cn2ccnc2c(NCc2nccs2)n1. The van der Waals surface area contributed by atoms with Crippen molar-refractivity contribution in [3.8, 4) is 0 Å². The molecule has 0 atom stereocenters. The Morgan fingerprint density at radius 1 is 1.33 bits per heavy atom. The highest BCUT2D eigenvalue weighted by atomic mass is 32.1. The average molecular weight is 261 g/mol. The maximum atomic E-state index is 5.38. The molecular formula is C10H11N7S. The number of hydrogen-bond donors (Lipinski definition) is 3. The number of thiazole rings is 1. The van der Waals surface area contributed by atoms with Gasteiger partial charge in [0.2, 0.25) is 0 Å². The first-order valence-electron chi connectivity index (χ1n) is 5.29. The fourth-order valence-corrected chi connectivity index (χ4v) is 2.18. The van der Waals surface area contributed by atoms with E-state index in [0.29, 0.717) is 18.2 Å². The van der Waals surface area contributed by atoms with Crippen molar-refractivity contribution < 1.29 is 0 Å². The monoisotopic (exact) mass is 261 g/mol. The normalized spacial score (nSPS) is 10.7. The van der Waals surface area contributed by atoms with Gasteiger partial charge in [-0.15, -0.1) is 11.3 Å². The summed E-state index contributed by atoms with van der Waals surface area (Å²) in [5, 5.41) is 6.14. The number of aromatic nitrogens is 4. The number of nitrogens with one attached hydrogen (secondary N) is 2. The Labute approximate surface area is 107 Å². The minimum absolute atomic E-state index is 0.571. The van der Waals surface area contributed by atoms with Crippen molar-refractivity contribution in [1.29, 1.82) is 0 Å². The van der Waals surface area contributed by atoms with Crippen LogP contribution in [0.3, 0.4) is 0 Å². The number of nitrogen functional groups attached to an aromatic ring is 1. The number of anilines is 2. The molecule has 3 heterocycles. The molecule has 0 aliphatic heterocycles. The molecule has 3 rings (SSSR count). The summed E-state index contributed by atoms with van der Waals surface area (Å²) in [6.45, 7) is 0.612. The number of imidazole rings is 1. The van der Waals surface area contributed by atoms with Gasteiger partial charge in [0.1, 0.15) is 5.01 Å². The van der Waals surface area contributed by atoms with E-state index in [4.69, 9.17) is 5.84 Å². The largest absolute Gasteiger partial charge is 0.360 e. The molecule has 0 spiro atoms. The number of rotatable bonds is 4. The third kappa shape index (κ3) is 1.98. The minimum Gasteiger partial charge on any atom is -0.360 e. The molecule has 92 valence electrons. The van der Waals surface area contributed by atoms with Crippen molar-refractivity contribution in [2.24, 2.45) is 5.84 Å². The second-order valence-corrected chi connectivity index (χ2v) is 4.54. The summed E-state index contributed by atoms with van der Waals surface area (Å²) in [5.74, 6) is 6.63. The van der Waals surface area contributed by atoms with E-state index < -0.39 is 0 Å². The van der Waals surface area contributed by atoms with Gasteiger partial charge in [-0.2, -0.15) is 0 Å². The zero-order valence-corrected chi connectivity index (χ0v) is 10.2. The Morgan fingerprint density at radius 3 is 3.06 bits per heavy atom. The summed E-state index contributed by atoms with van der Waals surface area (Å²) in [6, 6.07) is 0. The molecule has 0 radical (unpaired) electrons. The molecule has 0 aromatic carbocycles. The van der Waals surface area contributed by atoms with E-state index in [0.717, 1.165) is 10.7 Å². The smallest absolute Gasteiger partial charge is 0.180 e. The third-order valence-electron chi connectivity index (χ3n) is 2.41. The van der Waals surface area contributed by atoms with Gasteiger partial charge in [0.15, 0.2) is 17.3 Å². The van der Waals surface area contributed by atoms with Crippen LogP contribution < -0.4 is 16.6 Å². The van der Waals surface area contributed by atoms with Crippen LogP contribution in [0.25, 0.3) is 5.65 Å². The van der Waals surface area contributed by atoms with Crippen LogP contribution in [0.5, 0.6) is 0 Å². The van der Waals surface area contributed by atoms with E-state index in [9.17, 15) is 0 Å². The second-order valence-electron chi connectivity index (χ2n) is 3.56. The standard InChI is InChI=1S/C10H11N7S/c11-16-7-6-17-3-1-13-10(17)9(15-7)14-5-8-12-2-4-18-8/h1-4,6,16H,5,11H2,(H,14,15). The highest BCUT2D eigenvalue weighted by molar-refractivity contribution is 7.09. The van der Waals surface area contributed by atoms with Crippen LogP contribution in [0, 0.1) is 0 Å². The Hall–Kier alpha value is -2.19. The van der Waals surface area contributed by atoms with E-state index >= 15 is 0 Å². The summed E-state index contributed by atoms with van der Waals surface area (Å²) in [4.78, 5) is 12.8. The van der Waals surface area contributed by atoms with Crippen LogP contribution in [0.1, 0.15) is 5.01 Å². The highest BCUT2D eigenvalue weighted by Crippen LogP contribution is 2.17. The molecular weight excluding hydrogens is 250 g/mol. The lowest BCUT2D eigenvalue weighted by molar-refractivity contribution is 1.05. The molecule has 0 bridgehead atoms. The third-order valence-corrected chi connectivity index (χ3v) is 3.19. The molecule has 3 aromatic heterocycles. The lowest BCUT2D eigenvalue weighted by Crippen LogP contribution is -2.12. The fraction of sp³-hybridized carbons (Fsp3) is 0.100. The average Bonchev–Trinajstić information content (AvgIpc) is 3.06. The predicted molar refractivity (Wildman–Crippen MR) is 70.2 cm³/mol. The molecule has 4 N–H and O–H groups in total. The summed E-state index contributed by atoms with van der Waals surface area (Å²) >= 11 is 1.59. The van der Waals surface area contributed by atoms with Crippen LogP contribution in [0.15, 0.2) is 30.2 Å². The molecule has 0 amide bonds. The maximum Gasteiger partial charge on any atom is 0.180 e. The first-order chi connectivity index (χ1) is 8.86. The highest BCUT2D eigenvalue weighted by Gasteiger charge is 2.07. The Morgan fingerprint density at radius 2 is 2.28 bits per heavy atom. The summed E-state index contributed by atoms with van der Waals surface area (Å²) in [7, 11) is 0. The van der Waals surface area contributed by atoms with Crippen LogP contribution in [-0.4, -0.2) is 19.4 Å². The Bertz CT molecular complexity index is 645. The quantitative estimate of drug-likeness (QED) is 0.481. The minimum atomic E-state index is 0.571. The first kappa shape index (κ1) is 10.9. The number of hydrazine groups is 1. The fourth-order valence-electron chi connectivity index (χ4n) is 1.62. The first-order valence-corrected chi connectivity index (χ1v) is 6.17. The van der Waals surface area contributed by atoms with Gasteiger partial charge in [0.25, 0.3) is 0 Å². The van der Waals surface area contributed by atoms with Crippen molar-refractivity contribution in [1.82, 2.24) is 19.4 Å². The van der Waals surface area contributed by atoms with E-state index in [1.165, 1.54) is 0 Å². The van der Waals surface area contributed by atoms with E-state index in [1.54, 1.807) is 29.9 Å². The molecule has 0 aliphatic rings. The molecule has 0 saturated heterocycles. The van der Waals surface area contributed by atoms with Crippen molar-refractivity contribution in [3.05, 3.63) is 35.2 Å². The van der Waals surface area contributed by atoms with Crippen LogP contribution in [0.4, 0.5) is 11.6 Å². The lowest BCUT2D eigenvalue weighted by atomic mass is 10.5. The maximum absolute atomic E-state index is 5.38. The number of hydrogen-bond acceptors (Lipinski definition) is 7. The van der Waals surface area contributed by atoms with E-state index in [-0.39, 0.29) is 0 Å². The van der Waals surface area contributed by atoms with Crippen LogP contribution >= 0.6 is 11.3 Å². The number of fused-ring (bicyclic) bond motifs is 1. The Balaban J connectivity index is 1.92. The lowest BCUT2D eigenvalue weighted by Gasteiger charge is -2.07. The molecule has 0 saturated carbocycles. The number of nitrogens with zero attached hydrogens (tertiary/aromatic N) is 4. The van der Waals surface area contributed by atoms with Gasteiger partial charge < -0.3 is 15.1 Å². The van der Waals surface area contributed by atoms with Gasteiger partial charge in [-0.3, -0.25) is 0 Å². The summed E-state index contributed by atoms with van der Waals surface area (Å²) < 4.78 is 1.85. The van der Waals surface area contributed by atoms with Crippen molar-refractivity contribution >= 4 is 28.6 Å². The number of nitrogens with two attached hydrogens (primary N) is 1. The zero-order chi connectivity index (χ0) is 12.4. The zero-order valence-electron chi connectivity index (χ0n) is 9.37. The van der Waals surface area contributed by atoms with Crippen LogP contribution in [-0.2, 0) is 6.54 Å². The van der Waals surface area contributed by atoms with Crippen molar-refractivity contribution in [2.45, 2.75) is 6.54 Å². The Kier molecular flexibility index (Phi) is 2.79. The van der Waals surface area contributed by atoms with Gasteiger partial charge in [-0.1, -0.05) is 0 Å². The van der Waals surface area contributed by atoms with Gasteiger partial charge >= 0.3 is 0 Å². The molecule has 0 unspecified atom stereocenters. The molecule has 7 nitrogen and oxygen atoms in total. The van der Waals surface area contributed by atoms with E-state index in [2.05, 4.69) is 25.7 Å². The van der Waals surface area contributed by atoms with Crippen molar-refractivity contribution in [3.63, 3.8) is 0 Å². The molecule has 18 heavy (non-hydrogen) atoms. The summed E-state index contributed by atoms with van der Waals surface area (Å²) in [5.41, 5.74) is 3.28. The molecule has 0 fully saturated rings. The molecule has 0 aliphatic carbocycles. The van der Waals surface area contributed by atoms with E-state index in [1.807, 2.05) is 16.0 Å². The van der Waals surface area contributed by atoms with Gasteiger partial charge in [-0.05, 0) is 0 Å².